The first kappa shape index (κ1) is 26.9. The van der Waals surface area contributed by atoms with Crippen molar-refractivity contribution in [2.75, 3.05) is 13.2 Å². The van der Waals surface area contributed by atoms with Crippen LogP contribution in [-0.2, 0) is 23.9 Å². The fourth-order valence-corrected chi connectivity index (χ4v) is 2.78. The number of ketones is 4. The number of hydrogen-bond donors (Lipinski definition) is 0. The standard InChI is InChI=1S/C18H18F8O5/c1-10(27)5-12(29)7-14(13(30)6-11(2)28)3-4-15(19,20)17(23,24)18(25,26)16(21,22)9-31-8-14/h3-4H,5-9H2,1-2H3/b4-3+. The van der Waals surface area contributed by atoms with Gasteiger partial charge in [0.25, 0.3) is 0 Å². The molecule has 1 heterocycles. The van der Waals surface area contributed by atoms with E-state index < -0.39 is 90.8 Å². The summed E-state index contributed by atoms with van der Waals surface area (Å²) in [6.45, 7) is -2.04. The van der Waals surface area contributed by atoms with Crippen LogP contribution in [0.15, 0.2) is 12.2 Å². The summed E-state index contributed by atoms with van der Waals surface area (Å²) in [5.41, 5.74) is -2.65. The molecule has 1 unspecified atom stereocenters. The minimum absolute atomic E-state index is 0.0240. The molecule has 0 spiro atoms. The summed E-state index contributed by atoms with van der Waals surface area (Å²) >= 11 is 0. The van der Waals surface area contributed by atoms with E-state index in [2.05, 4.69) is 4.74 Å². The van der Waals surface area contributed by atoms with Crippen molar-refractivity contribution in [3.8, 4) is 0 Å². The Hall–Kier alpha value is -2.18. The molecule has 1 aliphatic heterocycles. The van der Waals surface area contributed by atoms with Crippen LogP contribution in [0.5, 0.6) is 0 Å². The summed E-state index contributed by atoms with van der Waals surface area (Å²) in [6.07, 6.45) is -3.92. The first-order chi connectivity index (χ1) is 13.8. The number of carbonyl (C=O) groups excluding carboxylic acids is 4. The van der Waals surface area contributed by atoms with E-state index in [-0.39, 0.29) is 6.08 Å². The number of allylic oxidation sites excluding steroid dienone is 1. The fraction of sp³-hybridized carbons (Fsp3) is 0.667. The van der Waals surface area contributed by atoms with Gasteiger partial charge in [-0.2, -0.15) is 35.1 Å². The Balaban J connectivity index is 3.65. The number of rotatable bonds is 7. The molecule has 0 aromatic heterocycles. The first-order valence-electron chi connectivity index (χ1n) is 8.64. The van der Waals surface area contributed by atoms with Gasteiger partial charge in [0.1, 0.15) is 24.0 Å². The Morgan fingerprint density at radius 2 is 1.29 bits per heavy atom. The fourth-order valence-electron chi connectivity index (χ4n) is 2.78. The summed E-state index contributed by atoms with van der Waals surface area (Å²) in [4.78, 5) is 46.9. The number of halogens is 8. The predicted molar refractivity (Wildman–Crippen MR) is 87.4 cm³/mol. The molecule has 0 bridgehead atoms. The minimum Gasteiger partial charge on any atom is -0.374 e. The van der Waals surface area contributed by atoms with Crippen LogP contribution in [0.1, 0.15) is 33.1 Å². The van der Waals surface area contributed by atoms with Crippen molar-refractivity contribution < 1.29 is 59.0 Å². The molecular formula is C18H18F8O5. The average molecular weight is 466 g/mol. The van der Waals surface area contributed by atoms with Crippen LogP contribution in [0, 0.1) is 5.41 Å². The minimum atomic E-state index is -6.61. The van der Waals surface area contributed by atoms with Crippen LogP contribution >= 0.6 is 0 Å². The number of Topliss-reactive ketones (excluding diaryl/α,β-unsaturated/α-hetero) is 4. The quantitative estimate of drug-likeness (QED) is 0.326. The number of carbonyl (C=O) groups is 4. The third-order valence-corrected chi connectivity index (χ3v) is 4.45. The molecule has 1 rings (SSSR count). The second-order valence-corrected chi connectivity index (χ2v) is 7.35. The zero-order valence-corrected chi connectivity index (χ0v) is 16.3. The number of alkyl halides is 8. The molecule has 13 heteroatoms. The van der Waals surface area contributed by atoms with Crippen molar-refractivity contribution in [2.45, 2.75) is 56.8 Å². The van der Waals surface area contributed by atoms with Gasteiger partial charge in [0, 0.05) is 6.42 Å². The van der Waals surface area contributed by atoms with E-state index in [0.29, 0.717) is 0 Å². The lowest BCUT2D eigenvalue weighted by molar-refractivity contribution is -0.363. The molecule has 0 saturated heterocycles. The molecule has 0 aromatic rings. The first-order valence-corrected chi connectivity index (χ1v) is 8.64. The van der Waals surface area contributed by atoms with Crippen LogP contribution in [0.25, 0.3) is 0 Å². The number of hydrogen-bond acceptors (Lipinski definition) is 5. The Morgan fingerprint density at radius 1 is 0.774 bits per heavy atom. The Kier molecular flexibility index (Phi) is 7.58. The average Bonchev–Trinajstić information content (AvgIpc) is 2.56. The monoisotopic (exact) mass is 466 g/mol. The van der Waals surface area contributed by atoms with Gasteiger partial charge in [-0.15, -0.1) is 0 Å². The normalized spacial score (nSPS) is 27.7. The highest BCUT2D eigenvalue weighted by Crippen LogP contribution is 2.54. The van der Waals surface area contributed by atoms with E-state index in [1.165, 1.54) is 0 Å². The van der Waals surface area contributed by atoms with Crippen molar-refractivity contribution in [3.63, 3.8) is 0 Å². The van der Waals surface area contributed by atoms with Gasteiger partial charge in [-0.3, -0.25) is 19.2 Å². The maximum Gasteiger partial charge on any atom is 0.382 e. The van der Waals surface area contributed by atoms with E-state index in [0.717, 1.165) is 13.8 Å². The zero-order valence-electron chi connectivity index (χ0n) is 16.3. The second-order valence-electron chi connectivity index (χ2n) is 7.35. The molecule has 0 amide bonds. The molecule has 5 nitrogen and oxygen atoms in total. The molecular weight excluding hydrogens is 448 g/mol. The summed E-state index contributed by atoms with van der Waals surface area (Å²) in [5, 5.41) is 0. The van der Waals surface area contributed by atoms with Crippen LogP contribution in [0.3, 0.4) is 0 Å². The Labute approximate surface area is 170 Å². The Morgan fingerprint density at radius 3 is 1.77 bits per heavy atom. The molecule has 0 aliphatic carbocycles. The molecule has 0 saturated carbocycles. The maximum atomic E-state index is 14.0. The van der Waals surface area contributed by atoms with Crippen molar-refractivity contribution in [2.24, 2.45) is 5.41 Å². The van der Waals surface area contributed by atoms with E-state index in [1.54, 1.807) is 0 Å². The van der Waals surface area contributed by atoms with Gasteiger partial charge in [-0.1, -0.05) is 6.08 Å². The van der Waals surface area contributed by atoms with E-state index in [9.17, 15) is 54.3 Å². The highest BCUT2D eigenvalue weighted by Gasteiger charge is 2.80. The van der Waals surface area contributed by atoms with Gasteiger partial charge in [0.15, 0.2) is 5.78 Å². The largest absolute Gasteiger partial charge is 0.382 e. The van der Waals surface area contributed by atoms with Gasteiger partial charge >= 0.3 is 23.7 Å². The molecule has 31 heavy (non-hydrogen) atoms. The van der Waals surface area contributed by atoms with Crippen LogP contribution in [0.2, 0.25) is 0 Å². The van der Waals surface area contributed by atoms with Crippen molar-refractivity contribution in [1.29, 1.82) is 0 Å². The van der Waals surface area contributed by atoms with Crippen molar-refractivity contribution in [3.05, 3.63) is 12.2 Å². The lowest BCUT2D eigenvalue weighted by atomic mass is 9.76. The van der Waals surface area contributed by atoms with Gasteiger partial charge in [0.05, 0.1) is 24.9 Å². The van der Waals surface area contributed by atoms with E-state index in [4.69, 9.17) is 0 Å². The van der Waals surface area contributed by atoms with Crippen LogP contribution in [-0.4, -0.2) is 60.0 Å². The number of ether oxygens (including phenoxy) is 1. The SMILES string of the molecule is CC(=O)CC(=O)CC1(C(=O)CC(C)=O)/C=C/C(F)(F)C(F)(F)C(F)(F)C(F)(F)COC1. The van der Waals surface area contributed by atoms with E-state index in [1.807, 2.05) is 0 Å². The summed E-state index contributed by atoms with van der Waals surface area (Å²) in [7, 11) is 0. The van der Waals surface area contributed by atoms with Gasteiger partial charge < -0.3 is 4.74 Å². The lowest BCUT2D eigenvalue weighted by Crippen LogP contribution is -2.63. The highest BCUT2D eigenvalue weighted by molar-refractivity contribution is 6.05. The third kappa shape index (κ3) is 5.36. The zero-order chi connectivity index (χ0) is 24.5. The van der Waals surface area contributed by atoms with Gasteiger partial charge in [-0.05, 0) is 19.9 Å². The summed E-state index contributed by atoms with van der Waals surface area (Å²) in [6, 6.07) is 0. The molecule has 0 N–H and O–H groups in total. The molecule has 1 aliphatic rings. The topological polar surface area (TPSA) is 77.5 Å². The van der Waals surface area contributed by atoms with Gasteiger partial charge in [-0.25, -0.2) is 0 Å². The van der Waals surface area contributed by atoms with E-state index >= 15 is 0 Å². The lowest BCUT2D eigenvalue weighted by Gasteiger charge is -2.38. The Bertz CT molecular complexity index is 790. The molecule has 0 aromatic carbocycles. The van der Waals surface area contributed by atoms with Gasteiger partial charge in [0.2, 0.25) is 0 Å². The molecule has 176 valence electrons. The van der Waals surface area contributed by atoms with Crippen molar-refractivity contribution in [1.82, 2.24) is 0 Å². The molecule has 0 fully saturated rings. The summed E-state index contributed by atoms with van der Waals surface area (Å²) in [5.74, 6) is -28.8. The molecule has 1 atom stereocenters. The highest BCUT2D eigenvalue weighted by atomic mass is 19.4. The third-order valence-electron chi connectivity index (χ3n) is 4.45. The predicted octanol–water partition coefficient (Wildman–Crippen LogP) is 3.59. The molecule has 0 radical (unpaired) electrons. The van der Waals surface area contributed by atoms with Crippen molar-refractivity contribution >= 4 is 23.1 Å². The second kappa shape index (κ2) is 8.75. The smallest absolute Gasteiger partial charge is 0.374 e. The van der Waals surface area contributed by atoms with Crippen LogP contribution in [0.4, 0.5) is 35.1 Å². The summed E-state index contributed by atoms with van der Waals surface area (Å²) < 4.78 is 114. The maximum absolute atomic E-state index is 14.0. The van der Waals surface area contributed by atoms with Crippen LogP contribution < -0.4 is 0 Å².